The summed E-state index contributed by atoms with van der Waals surface area (Å²) >= 11 is 0. The van der Waals surface area contributed by atoms with Crippen LogP contribution in [0, 0.1) is 6.92 Å². The Kier molecular flexibility index (Phi) is 4.01. The van der Waals surface area contributed by atoms with Gasteiger partial charge in [0.25, 0.3) is 5.91 Å². The minimum absolute atomic E-state index is 0.0510. The van der Waals surface area contributed by atoms with Crippen LogP contribution in [0.5, 0.6) is 0 Å². The standard InChI is InChI=1S/C16H18N4O3/c1-9-3-2-4-11-10(8-18-14(9)11)5-6-17-13(21)7-12-15(22)20-16(23)19-12/h2-4,8,12,18H,5-7H2,1H3,(H,17,21)(H2,19,20,22,23). The van der Waals surface area contributed by atoms with Crippen molar-refractivity contribution in [3.8, 4) is 0 Å². The number of carbonyl (C=O) groups is 3. The zero-order valence-corrected chi connectivity index (χ0v) is 12.7. The Bertz CT molecular complexity index is 781. The highest BCUT2D eigenvalue weighted by atomic mass is 16.2. The van der Waals surface area contributed by atoms with Crippen LogP contribution in [0.4, 0.5) is 4.79 Å². The van der Waals surface area contributed by atoms with Gasteiger partial charge in [0, 0.05) is 23.6 Å². The van der Waals surface area contributed by atoms with E-state index in [0.717, 1.165) is 16.5 Å². The number of imide groups is 1. The summed E-state index contributed by atoms with van der Waals surface area (Å²) in [7, 11) is 0. The van der Waals surface area contributed by atoms with Crippen molar-refractivity contribution in [2.24, 2.45) is 0 Å². The lowest BCUT2D eigenvalue weighted by atomic mass is 10.1. The third kappa shape index (κ3) is 3.18. The van der Waals surface area contributed by atoms with Crippen molar-refractivity contribution in [3.63, 3.8) is 0 Å². The van der Waals surface area contributed by atoms with Gasteiger partial charge in [0.15, 0.2) is 0 Å². The van der Waals surface area contributed by atoms with Crippen LogP contribution in [0.1, 0.15) is 17.5 Å². The Hall–Kier alpha value is -2.83. The summed E-state index contributed by atoms with van der Waals surface area (Å²) in [6, 6.07) is 4.77. The fraction of sp³-hybridized carbons (Fsp3) is 0.312. The highest BCUT2D eigenvalue weighted by molar-refractivity contribution is 6.05. The van der Waals surface area contributed by atoms with Crippen LogP contribution < -0.4 is 16.0 Å². The Balaban J connectivity index is 1.52. The monoisotopic (exact) mass is 314 g/mol. The van der Waals surface area contributed by atoms with E-state index in [4.69, 9.17) is 0 Å². The largest absolute Gasteiger partial charge is 0.361 e. The van der Waals surface area contributed by atoms with Gasteiger partial charge in [0.1, 0.15) is 6.04 Å². The molecule has 1 aliphatic rings. The predicted molar refractivity (Wildman–Crippen MR) is 84.8 cm³/mol. The van der Waals surface area contributed by atoms with E-state index in [9.17, 15) is 14.4 Å². The molecule has 0 bridgehead atoms. The van der Waals surface area contributed by atoms with E-state index in [1.807, 2.05) is 31.3 Å². The number of carbonyl (C=O) groups excluding carboxylic acids is 3. The minimum atomic E-state index is -0.779. The average Bonchev–Trinajstić information content (AvgIpc) is 3.04. The molecule has 3 rings (SSSR count). The van der Waals surface area contributed by atoms with Gasteiger partial charge in [0.2, 0.25) is 5.91 Å². The van der Waals surface area contributed by atoms with Crippen LogP contribution in [0.15, 0.2) is 24.4 Å². The third-order valence-corrected chi connectivity index (χ3v) is 3.97. The predicted octanol–water partition coefficient (Wildman–Crippen LogP) is 0.733. The molecule has 0 saturated carbocycles. The van der Waals surface area contributed by atoms with Crippen molar-refractivity contribution >= 4 is 28.7 Å². The molecule has 2 aromatic rings. The summed E-state index contributed by atoms with van der Waals surface area (Å²) in [5.74, 6) is -0.722. The first kappa shape index (κ1) is 15.1. The number of rotatable bonds is 5. The molecule has 1 fully saturated rings. The lowest BCUT2D eigenvalue weighted by molar-refractivity contribution is -0.126. The second-order valence-corrected chi connectivity index (χ2v) is 5.63. The van der Waals surface area contributed by atoms with Crippen LogP contribution in [0.3, 0.4) is 0 Å². The number of hydrogen-bond donors (Lipinski definition) is 4. The van der Waals surface area contributed by atoms with Crippen molar-refractivity contribution in [2.75, 3.05) is 6.54 Å². The molecule has 7 nitrogen and oxygen atoms in total. The van der Waals surface area contributed by atoms with E-state index in [2.05, 4.69) is 20.9 Å². The number of benzene rings is 1. The van der Waals surface area contributed by atoms with Gasteiger partial charge in [0.05, 0.1) is 6.42 Å². The van der Waals surface area contributed by atoms with Gasteiger partial charge in [-0.1, -0.05) is 18.2 Å². The zero-order chi connectivity index (χ0) is 16.4. The maximum absolute atomic E-state index is 11.8. The van der Waals surface area contributed by atoms with Crippen molar-refractivity contribution in [1.82, 2.24) is 20.9 Å². The van der Waals surface area contributed by atoms with Gasteiger partial charge in [-0.3, -0.25) is 14.9 Å². The van der Waals surface area contributed by atoms with Crippen molar-refractivity contribution in [1.29, 1.82) is 0 Å². The number of fused-ring (bicyclic) bond motifs is 1. The van der Waals surface area contributed by atoms with Crippen LogP contribution >= 0.6 is 0 Å². The van der Waals surface area contributed by atoms with Crippen LogP contribution in [0.2, 0.25) is 0 Å². The first-order valence-electron chi connectivity index (χ1n) is 7.48. The number of hydrogen-bond acceptors (Lipinski definition) is 3. The van der Waals surface area contributed by atoms with Crippen molar-refractivity contribution in [2.45, 2.75) is 25.8 Å². The molecule has 4 amide bonds. The number of aromatic amines is 1. The zero-order valence-electron chi connectivity index (χ0n) is 12.7. The second kappa shape index (κ2) is 6.12. The van der Waals surface area contributed by atoms with E-state index in [0.29, 0.717) is 13.0 Å². The summed E-state index contributed by atoms with van der Waals surface area (Å²) in [6.45, 7) is 2.52. The number of urea groups is 1. The Morgan fingerprint density at radius 1 is 1.30 bits per heavy atom. The van der Waals surface area contributed by atoms with E-state index in [1.165, 1.54) is 5.56 Å². The van der Waals surface area contributed by atoms with E-state index in [1.54, 1.807) is 0 Å². The molecule has 0 aliphatic carbocycles. The van der Waals surface area contributed by atoms with Gasteiger partial charge >= 0.3 is 6.03 Å². The molecule has 4 N–H and O–H groups in total. The van der Waals surface area contributed by atoms with Crippen LogP contribution in [0.25, 0.3) is 10.9 Å². The van der Waals surface area contributed by atoms with Crippen molar-refractivity contribution < 1.29 is 14.4 Å². The smallest absolute Gasteiger partial charge is 0.322 e. The summed E-state index contributed by atoms with van der Waals surface area (Å²) < 4.78 is 0. The number of amides is 4. The number of para-hydroxylation sites is 1. The van der Waals surface area contributed by atoms with Gasteiger partial charge in [-0.2, -0.15) is 0 Å². The third-order valence-electron chi connectivity index (χ3n) is 3.97. The van der Waals surface area contributed by atoms with Gasteiger partial charge in [-0.15, -0.1) is 0 Å². The molecule has 1 unspecified atom stereocenters. The second-order valence-electron chi connectivity index (χ2n) is 5.63. The SMILES string of the molecule is Cc1cccc2c(CCNC(=O)CC3NC(=O)NC3=O)c[nH]c12. The number of aromatic nitrogens is 1. The first-order valence-corrected chi connectivity index (χ1v) is 7.48. The maximum Gasteiger partial charge on any atom is 0.322 e. The molecule has 23 heavy (non-hydrogen) atoms. The van der Waals surface area contributed by atoms with E-state index < -0.39 is 18.0 Å². The summed E-state index contributed by atoms with van der Waals surface area (Å²) in [5.41, 5.74) is 3.43. The minimum Gasteiger partial charge on any atom is -0.361 e. The van der Waals surface area contributed by atoms with E-state index in [-0.39, 0.29) is 12.3 Å². The van der Waals surface area contributed by atoms with Crippen LogP contribution in [-0.4, -0.2) is 35.4 Å². The molecular formula is C16H18N4O3. The highest BCUT2D eigenvalue weighted by Gasteiger charge is 2.31. The quantitative estimate of drug-likeness (QED) is 0.612. The van der Waals surface area contributed by atoms with Gasteiger partial charge in [-0.05, 0) is 24.5 Å². The fourth-order valence-corrected chi connectivity index (χ4v) is 2.77. The average molecular weight is 314 g/mol. The fourth-order valence-electron chi connectivity index (χ4n) is 2.77. The lowest BCUT2D eigenvalue weighted by Crippen LogP contribution is -2.36. The Morgan fingerprint density at radius 2 is 2.13 bits per heavy atom. The first-order chi connectivity index (χ1) is 11.0. The molecule has 1 aromatic heterocycles. The molecule has 0 radical (unpaired) electrons. The normalized spacial score (nSPS) is 17.2. The van der Waals surface area contributed by atoms with E-state index >= 15 is 0 Å². The van der Waals surface area contributed by atoms with Gasteiger partial charge in [-0.25, -0.2) is 4.79 Å². The molecule has 1 atom stereocenters. The number of H-pyrrole nitrogens is 1. The maximum atomic E-state index is 11.8. The molecule has 7 heteroatoms. The number of aryl methyl sites for hydroxylation is 1. The summed E-state index contributed by atoms with van der Waals surface area (Å²) in [6.07, 6.45) is 2.59. The molecule has 1 aliphatic heterocycles. The molecule has 1 aromatic carbocycles. The topological polar surface area (TPSA) is 103 Å². The summed E-state index contributed by atoms with van der Waals surface area (Å²) in [5, 5.41) is 8.44. The van der Waals surface area contributed by atoms with Gasteiger partial charge < -0.3 is 15.6 Å². The molecule has 120 valence electrons. The Morgan fingerprint density at radius 3 is 2.87 bits per heavy atom. The highest BCUT2D eigenvalue weighted by Crippen LogP contribution is 2.21. The Labute approximate surface area is 132 Å². The summed E-state index contributed by atoms with van der Waals surface area (Å²) in [4.78, 5) is 37.5. The number of nitrogens with one attached hydrogen (secondary N) is 4. The molecule has 1 saturated heterocycles. The molecular weight excluding hydrogens is 296 g/mol. The van der Waals surface area contributed by atoms with Crippen LogP contribution in [-0.2, 0) is 16.0 Å². The molecule has 2 heterocycles. The lowest BCUT2D eigenvalue weighted by Gasteiger charge is -2.08. The molecule has 0 spiro atoms. The van der Waals surface area contributed by atoms with Crippen molar-refractivity contribution in [3.05, 3.63) is 35.5 Å².